The van der Waals surface area contributed by atoms with Crippen molar-refractivity contribution in [1.29, 1.82) is 0 Å². The van der Waals surface area contributed by atoms with Gasteiger partial charge >= 0.3 is 5.97 Å². The first kappa shape index (κ1) is 17.5. The van der Waals surface area contributed by atoms with Crippen LogP contribution in [-0.4, -0.2) is 32.2 Å². The average molecular weight is 292 g/mol. The second-order valence-corrected chi connectivity index (χ2v) is 5.60. The lowest BCUT2D eigenvalue weighted by Crippen LogP contribution is -2.25. The van der Waals surface area contributed by atoms with Crippen LogP contribution in [0.25, 0.3) is 0 Å². The van der Waals surface area contributed by atoms with E-state index >= 15 is 0 Å². The van der Waals surface area contributed by atoms with Gasteiger partial charge in [0.25, 0.3) is 0 Å². The SMILES string of the molecule is CCCCNc1cccc(C(=O)OCCNCC(C)C)c1. The van der Waals surface area contributed by atoms with Crippen LogP contribution in [-0.2, 0) is 4.74 Å². The molecule has 0 saturated carbocycles. The number of benzene rings is 1. The topological polar surface area (TPSA) is 50.4 Å². The van der Waals surface area contributed by atoms with Crippen LogP contribution >= 0.6 is 0 Å². The van der Waals surface area contributed by atoms with Gasteiger partial charge in [-0.15, -0.1) is 0 Å². The molecule has 0 amide bonds. The number of unbranched alkanes of at least 4 members (excludes halogenated alkanes) is 1. The fraction of sp³-hybridized carbons (Fsp3) is 0.588. The molecule has 1 aromatic carbocycles. The number of anilines is 1. The van der Waals surface area contributed by atoms with Crippen molar-refractivity contribution in [2.75, 3.05) is 31.6 Å². The van der Waals surface area contributed by atoms with Crippen LogP contribution in [0.5, 0.6) is 0 Å². The molecular formula is C17H28N2O2. The van der Waals surface area contributed by atoms with Crippen LogP contribution in [0, 0.1) is 5.92 Å². The summed E-state index contributed by atoms with van der Waals surface area (Å²) in [6.07, 6.45) is 2.27. The third-order valence-electron chi connectivity index (χ3n) is 3.02. The van der Waals surface area contributed by atoms with E-state index in [1.807, 2.05) is 18.2 Å². The summed E-state index contributed by atoms with van der Waals surface area (Å²) in [7, 11) is 0. The molecule has 4 heteroatoms. The standard InChI is InChI=1S/C17H28N2O2/c1-4-5-9-19-16-8-6-7-15(12-16)17(20)21-11-10-18-13-14(2)3/h6-8,12,14,18-19H,4-5,9-11,13H2,1-3H3. The number of nitrogens with one attached hydrogen (secondary N) is 2. The Morgan fingerprint density at radius 1 is 1.29 bits per heavy atom. The Bertz CT molecular complexity index is 419. The molecule has 1 rings (SSSR count). The number of carbonyl (C=O) groups is 1. The smallest absolute Gasteiger partial charge is 0.338 e. The van der Waals surface area contributed by atoms with Gasteiger partial charge in [-0.1, -0.05) is 33.3 Å². The number of carbonyl (C=O) groups excluding carboxylic acids is 1. The number of rotatable bonds is 10. The normalized spacial score (nSPS) is 10.7. The predicted molar refractivity (Wildman–Crippen MR) is 87.8 cm³/mol. The summed E-state index contributed by atoms with van der Waals surface area (Å²) < 4.78 is 5.26. The number of esters is 1. The van der Waals surface area contributed by atoms with E-state index in [-0.39, 0.29) is 5.97 Å². The molecule has 0 aromatic heterocycles. The van der Waals surface area contributed by atoms with E-state index in [9.17, 15) is 4.79 Å². The van der Waals surface area contributed by atoms with Crippen molar-refractivity contribution in [3.8, 4) is 0 Å². The molecule has 0 spiro atoms. The van der Waals surface area contributed by atoms with Crippen LogP contribution in [0.2, 0.25) is 0 Å². The van der Waals surface area contributed by atoms with Crippen molar-refractivity contribution in [2.24, 2.45) is 5.92 Å². The molecule has 0 bridgehead atoms. The number of ether oxygens (including phenoxy) is 1. The van der Waals surface area contributed by atoms with Crippen molar-refractivity contribution < 1.29 is 9.53 Å². The second kappa shape index (κ2) is 10.2. The molecule has 0 aliphatic carbocycles. The van der Waals surface area contributed by atoms with E-state index in [2.05, 4.69) is 31.4 Å². The molecule has 0 saturated heterocycles. The number of hydrogen-bond acceptors (Lipinski definition) is 4. The van der Waals surface area contributed by atoms with E-state index < -0.39 is 0 Å². The molecular weight excluding hydrogens is 264 g/mol. The molecule has 118 valence electrons. The largest absolute Gasteiger partial charge is 0.461 e. The third-order valence-corrected chi connectivity index (χ3v) is 3.02. The van der Waals surface area contributed by atoms with E-state index in [1.54, 1.807) is 6.07 Å². The maximum Gasteiger partial charge on any atom is 0.338 e. The second-order valence-electron chi connectivity index (χ2n) is 5.60. The monoisotopic (exact) mass is 292 g/mol. The van der Waals surface area contributed by atoms with E-state index in [0.717, 1.165) is 31.6 Å². The summed E-state index contributed by atoms with van der Waals surface area (Å²) in [5.41, 5.74) is 1.57. The van der Waals surface area contributed by atoms with Gasteiger partial charge in [-0.2, -0.15) is 0 Å². The highest BCUT2D eigenvalue weighted by atomic mass is 16.5. The van der Waals surface area contributed by atoms with Gasteiger partial charge < -0.3 is 15.4 Å². The Labute approximate surface area is 128 Å². The maximum absolute atomic E-state index is 11.9. The van der Waals surface area contributed by atoms with Gasteiger partial charge in [0, 0.05) is 18.8 Å². The lowest BCUT2D eigenvalue weighted by atomic mass is 10.2. The summed E-state index contributed by atoms with van der Waals surface area (Å²) in [5, 5.41) is 6.56. The highest BCUT2D eigenvalue weighted by Crippen LogP contribution is 2.11. The zero-order valence-electron chi connectivity index (χ0n) is 13.4. The van der Waals surface area contributed by atoms with E-state index in [1.165, 1.54) is 0 Å². The molecule has 0 fully saturated rings. The van der Waals surface area contributed by atoms with Gasteiger partial charge in [-0.05, 0) is 37.1 Å². The fourth-order valence-electron chi connectivity index (χ4n) is 1.86. The quantitative estimate of drug-likeness (QED) is 0.513. The summed E-state index contributed by atoms with van der Waals surface area (Å²) >= 11 is 0. The third kappa shape index (κ3) is 7.71. The molecule has 1 aromatic rings. The van der Waals surface area contributed by atoms with Gasteiger partial charge in [0.2, 0.25) is 0 Å². The van der Waals surface area contributed by atoms with Gasteiger partial charge in [-0.3, -0.25) is 0 Å². The van der Waals surface area contributed by atoms with Crippen LogP contribution in [0.15, 0.2) is 24.3 Å². The first-order valence-electron chi connectivity index (χ1n) is 7.85. The Kier molecular flexibility index (Phi) is 8.51. The average Bonchev–Trinajstić information content (AvgIpc) is 2.47. The van der Waals surface area contributed by atoms with Gasteiger partial charge in [0.1, 0.15) is 6.61 Å². The minimum absolute atomic E-state index is 0.263. The van der Waals surface area contributed by atoms with Crippen molar-refractivity contribution in [1.82, 2.24) is 5.32 Å². The minimum atomic E-state index is -0.263. The summed E-state index contributed by atoms with van der Waals surface area (Å²) in [5.74, 6) is 0.340. The highest BCUT2D eigenvalue weighted by Gasteiger charge is 2.07. The summed E-state index contributed by atoms with van der Waals surface area (Å²) in [4.78, 5) is 11.9. The Balaban J connectivity index is 2.34. The number of hydrogen-bond donors (Lipinski definition) is 2. The molecule has 0 aliphatic rings. The molecule has 0 unspecified atom stereocenters. The maximum atomic E-state index is 11.9. The van der Waals surface area contributed by atoms with Crippen LogP contribution in [0.3, 0.4) is 0 Å². The molecule has 0 radical (unpaired) electrons. The Morgan fingerprint density at radius 3 is 2.81 bits per heavy atom. The van der Waals surface area contributed by atoms with Gasteiger partial charge in [0.05, 0.1) is 5.56 Å². The van der Waals surface area contributed by atoms with Crippen LogP contribution in [0.4, 0.5) is 5.69 Å². The molecule has 21 heavy (non-hydrogen) atoms. The van der Waals surface area contributed by atoms with Crippen molar-refractivity contribution in [2.45, 2.75) is 33.6 Å². The van der Waals surface area contributed by atoms with E-state index in [4.69, 9.17) is 4.74 Å². The molecule has 0 heterocycles. The van der Waals surface area contributed by atoms with Crippen LogP contribution in [0.1, 0.15) is 44.0 Å². The molecule has 4 nitrogen and oxygen atoms in total. The van der Waals surface area contributed by atoms with Crippen LogP contribution < -0.4 is 10.6 Å². The zero-order chi connectivity index (χ0) is 15.5. The first-order chi connectivity index (χ1) is 10.1. The van der Waals surface area contributed by atoms with E-state index in [0.29, 0.717) is 24.6 Å². The van der Waals surface area contributed by atoms with Crippen molar-refractivity contribution in [3.63, 3.8) is 0 Å². The lowest BCUT2D eigenvalue weighted by molar-refractivity contribution is 0.0508. The Hall–Kier alpha value is -1.55. The molecule has 0 atom stereocenters. The summed E-state index contributed by atoms with van der Waals surface area (Å²) in [6, 6.07) is 7.48. The van der Waals surface area contributed by atoms with Crippen molar-refractivity contribution in [3.05, 3.63) is 29.8 Å². The molecule has 0 aliphatic heterocycles. The first-order valence-corrected chi connectivity index (χ1v) is 7.85. The summed E-state index contributed by atoms with van der Waals surface area (Å²) in [6.45, 7) is 9.41. The van der Waals surface area contributed by atoms with Crippen molar-refractivity contribution >= 4 is 11.7 Å². The van der Waals surface area contributed by atoms with Gasteiger partial charge in [-0.25, -0.2) is 4.79 Å². The minimum Gasteiger partial charge on any atom is -0.461 e. The van der Waals surface area contributed by atoms with Gasteiger partial charge in [0.15, 0.2) is 0 Å². The fourth-order valence-corrected chi connectivity index (χ4v) is 1.86. The predicted octanol–water partition coefficient (Wildman–Crippen LogP) is 3.30. The molecule has 2 N–H and O–H groups in total. The lowest BCUT2D eigenvalue weighted by Gasteiger charge is -2.09. The Morgan fingerprint density at radius 2 is 2.10 bits per heavy atom. The highest BCUT2D eigenvalue weighted by molar-refractivity contribution is 5.90. The zero-order valence-corrected chi connectivity index (χ0v) is 13.4.